The monoisotopic (exact) mass is 255 g/mol. The highest BCUT2D eigenvalue weighted by atomic mass is 16.5. The van der Waals surface area contributed by atoms with Crippen LogP contribution in [-0.2, 0) is 0 Å². The normalized spacial score (nSPS) is 10.6. The number of benzene rings is 1. The number of nitrogen functional groups attached to an aromatic ring is 1. The van der Waals surface area contributed by atoms with Gasteiger partial charge in [-0.25, -0.2) is 0 Å². The van der Waals surface area contributed by atoms with Crippen LogP contribution in [0.2, 0.25) is 0 Å². The van der Waals surface area contributed by atoms with Crippen LogP contribution < -0.4 is 15.2 Å². The maximum Gasteiger partial charge on any atom is 0.232 e. The van der Waals surface area contributed by atoms with Gasteiger partial charge in [0.1, 0.15) is 17.1 Å². The average Bonchev–Trinajstić information content (AvgIpc) is 2.83. The van der Waals surface area contributed by atoms with Crippen molar-refractivity contribution in [2.24, 2.45) is 0 Å². The molecule has 0 saturated heterocycles. The van der Waals surface area contributed by atoms with Crippen molar-refractivity contribution in [3.05, 3.63) is 48.8 Å². The van der Waals surface area contributed by atoms with Gasteiger partial charge in [-0.3, -0.25) is 0 Å². The van der Waals surface area contributed by atoms with Crippen molar-refractivity contribution in [2.75, 3.05) is 12.8 Å². The largest absolute Gasteiger partial charge is 0.480 e. The first-order valence-corrected chi connectivity index (χ1v) is 5.81. The summed E-state index contributed by atoms with van der Waals surface area (Å²) in [6.07, 6.45) is 3.68. The van der Waals surface area contributed by atoms with Crippen LogP contribution >= 0.6 is 0 Å². The minimum Gasteiger partial charge on any atom is -0.480 e. The molecular formula is C14H13N3O2. The number of hydrogen-bond acceptors (Lipinski definition) is 4. The summed E-state index contributed by atoms with van der Waals surface area (Å²) in [5, 5.41) is 0. The second-order valence-electron chi connectivity index (χ2n) is 4.08. The maximum absolute atomic E-state index is 5.73. The second-order valence-corrected chi connectivity index (χ2v) is 4.08. The number of nitrogens with two attached hydrogens (primary N) is 1. The molecule has 0 amide bonds. The maximum atomic E-state index is 5.73. The number of rotatable bonds is 3. The zero-order valence-corrected chi connectivity index (χ0v) is 10.4. The van der Waals surface area contributed by atoms with Gasteiger partial charge in [0, 0.05) is 18.0 Å². The number of anilines is 1. The lowest BCUT2D eigenvalue weighted by Crippen LogP contribution is -1.88. The van der Waals surface area contributed by atoms with E-state index in [2.05, 4.69) is 4.98 Å². The molecule has 5 heteroatoms. The molecule has 0 unspecified atom stereocenters. The molecule has 3 aromatic rings. The minimum atomic E-state index is 0.574. The van der Waals surface area contributed by atoms with Gasteiger partial charge in [0.15, 0.2) is 0 Å². The molecule has 2 N–H and O–H groups in total. The van der Waals surface area contributed by atoms with Crippen LogP contribution in [0.4, 0.5) is 5.69 Å². The Morgan fingerprint density at radius 2 is 1.89 bits per heavy atom. The summed E-state index contributed by atoms with van der Waals surface area (Å²) in [7, 11) is 1.59. The summed E-state index contributed by atoms with van der Waals surface area (Å²) in [5.74, 6) is 2.02. The molecule has 0 radical (unpaired) electrons. The summed E-state index contributed by atoms with van der Waals surface area (Å²) in [5.41, 5.74) is 7.11. The van der Waals surface area contributed by atoms with Crippen molar-refractivity contribution in [1.29, 1.82) is 0 Å². The van der Waals surface area contributed by atoms with Crippen LogP contribution in [0.5, 0.6) is 17.4 Å². The van der Waals surface area contributed by atoms with Gasteiger partial charge in [0.25, 0.3) is 0 Å². The molecule has 5 nitrogen and oxygen atoms in total. The number of imidazole rings is 1. The first kappa shape index (κ1) is 11.4. The van der Waals surface area contributed by atoms with Crippen molar-refractivity contribution in [1.82, 2.24) is 9.38 Å². The highest BCUT2D eigenvalue weighted by Crippen LogP contribution is 2.24. The fourth-order valence-electron chi connectivity index (χ4n) is 1.77. The molecule has 0 fully saturated rings. The molecule has 0 saturated carbocycles. The fraction of sp³-hybridized carbons (Fsp3) is 0.0714. The third-order valence-electron chi connectivity index (χ3n) is 2.73. The Hall–Kier alpha value is -2.69. The first-order chi connectivity index (χ1) is 9.24. The molecule has 3 rings (SSSR count). The topological polar surface area (TPSA) is 61.8 Å². The minimum absolute atomic E-state index is 0.574. The standard InChI is InChI=1S/C14H13N3O2/c1-18-14-9-17-7-6-12(8-13(17)16-14)19-11-4-2-10(15)3-5-11/h2-9H,15H2,1H3. The Balaban J connectivity index is 1.90. The number of ether oxygens (including phenoxy) is 2. The van der Waals surface area contributed by atoms with E-state index in [9.17, 15) is 0 Å². The average molecular weight is 255 g/mol. The lowest BCUT2D eigenvalue weighted by molar-refractivity contribution is 0.400. The Labute approximate surface area is 110 Å². The second kappa shape index (κ2) is 4.53. The Bertz CT molecular complexity index is 704. The predicted octanol–water partition coefficient (Wildman–Crippen LogP) is 2.72. The van der Waals surface area contributed by atoms with E-state index < -0.39 is 0 Å². The highest BCUT2D eigenvalue weighted by molar-refractivity contribution is 5.49. The van der Waals surface area contributed by atoms with E-state index in [-0.39, 0.29) is 0 Å². The first-order valence-electron chi connectivity index (χ1n) is 5.81. The van der Waals surface area contributed by atoms with Gasteiger partial charge < -0.3 is 19.6 Å². The zero-order valence-electron chi connectivity index (χ0n) is 10.4. The van der Waals surface area contributed by atoms with Gasteiger partial charge in [-0.05, 0) is 30.3 Å². The molecular weight excluding hydrogens is 242 g/mol. The van der Waals surface area contributed by atoms with Crippen molar-refractivity contribution >= 4 is 11.3 Å². The summed E-state index contributed by atoms with van der Waals surface area (Å²) in [6, 6.07) is 11.0. The Kier molecular flexibility index (Phi) is 2.72. The van der Waals surface area contributed by atoms with Crippen LogP contribution in [0, 0.1) is 0 Å². The van der Waals surface area contributed by atoms with Gasteiger partial charge in [0.05, 0.1) is 13.3 Å². The van der Waals surface area contributed by atoms with E-state index >= 15 is 0 Å². The quantitative estimate of drug-likeness (QED) is 0.731. The van der Waals surface area contributed by atoms with E-state index in [0.717, 1.165) is 11.4 Å². The van der Waals surface area contributed by atoms with Crippen molar-refractivity contribution in [3.63, 3.8) is 0 Å². The molecule has 2 aromatic heterocycles. The lowest BCUT2D eigenvalue weighted by Gasteiger charge is -2.05. The number of methoxy groups -OCH3 is 1. The molecule has 1 aromatic carbocycles. The molecule has 0 bridgehead atoms. The number of aromatic nitrogens is 2. The Morgan fingerprint density at radius 3 is 2.63 bits per heavy atom. The van der Waals surface area contributed by atoms with Crippen LogP contribution in [0.15, 0.2) is 48.8 Å². The van der Waals surface area contributed by atoms with Crippen LogP contribution in [0.3, 0.4) is 0 Å². The van der Waals surface area contributed by atoms with E-state index in [1.807, 2.05) is 41.1 Å². The summed E-state index contributed by atoms with van der Waals surface area (Å²) in [6.45, 7) is 0. The molecule has 0 spiro atoms. The van der Waals surface area contributed by atoms with Gasteiger partial charge >= 0.3 is 0 Å². The van der Waals surface area contributed by atoms with E-state index in [4.69, 9.17) is 15.2 Å². The number of pyridine rings is 1. The number of fused-ring (bicyclic) bond motifs is 1. The van der Waals surface area contributed by atoms with Gasteiger partial charge in [-0.1, -0.05) is 0 Å². The van der Waals surface area contributed by atoms with Gasteiger partial charge in [0.2, 0.25) is 5.88 Å². The number of hydrogen-bond donors (Lipinski definition) is 1. The lowest BCUT2D eigenvalue weighted by atomic mass is 10.3. The summed E-state index contributed by atoms with van der Waals surface area (Å²) >= 11 is 0. The summed E-state index contributed by atoms with van der Waals surface area (Å²) in [4.78, 5) is 4.29. The highest BCUT2D eigenvalue weighted by Gasteiger charge is 2.03. The van der Waals surface area contributed by atoms with E-state index in [1.165, 1.54) is 0 Å². The number of nitrogens with zero attached hydrogens (tertiary/aromatic N) is 2. The SMILES string of the molecule is COc1cn2ccc(Oc3ccc(N)cc3)cc2n1. The molecule has 96 valence electrons. The van der Waals surface area contributed by atoms with Gasteiger partial charge in [-0.15, -0.1) is 0 Å². The summed E-state index contributed by atoms with van der Waals surface area (Å²) < 4.78 is 12.7. The smallest absolute Gasteiger partial charge is 0.232 e. The third-order valence-corrected chi connectivity index (χ3v) is 2.73. The molecule has 0 atom stereocenters. The van der Waals surface area contributed by atoms with E-state index in [0.29, 0.717) is 17.3 Å². The molecule has 0 aliphatic rings. The molecule has 2 heterocycles. The zero-order chi connectivity index (χ0) is 13.2. The predicted molar refractivity (Wildman–Crippen MR) is 72.7 cm³/mol. The van der Waals surface area contributed by atoms with Crippen molar-refractivity contribution < 1.29 is 9.47 Å². The van der Waals surface area contributed by atoms with Crippen LogP contribution in [-0.4, -0.2) is 16.5 Å². The third kappa shape index (κ3) is 2.30. The molecule has 0 aliphatic heterocycles. The molecule has 19 heavy (non-hydrogen) atoms. The van der Waals surface area contributed by atoms with Crippen molar-refractivity contribution in [3.8, 4) is 17.4 Å². The Morgan fingerprint density at radius 1 is 1.11 bits per heavy atom. The van der Waals surface area contributed by atoms with E-state index in [1.54, 1.807) is 19.2 Å². The van der Waals surface area contributed by atoms with Crippen LogP contribution in [0.25, 0.3) is 5.65 Å². The fourth-order valence-corrected chi connectivity index (χ4v) is 1.77. The molecule has 0 aliphatic carbocycles. The van der Waals surface area contributed by atoms with Crippen molar-refractivity contribution in [2.45, 2.75) is 0 Å². The van der Waals surface area contributed by atoms with Crippen LogP contribution in [0.1, 0.15) is 0 Å². The van der Waals surface area contributed by atoms with Gasteiger partial charge in [-0.2, -0.15) is 4.98 Å².